The fraction of sp³-hybridized carbons (Fsp3) is 0.733. The van der Waals surface area contributed by atoms with Crippen molar-refractivity contribution in [3.8, 4) is 0 Å². The number of aromatic nitrogens is 2. The number of amides is 1. The number of rotatable bonds is 8. The van der Waals surface area contributed by atoms with Crippen LogP contribution < -0.4 is 0 Å². The second-order valence-electron chi connectivity index (χ2n) is 5.08. The van der Waals surface area contributed by atoms with E-state index >= 15 is 0 Å². The Kier molecular flexibility index (Phi) is 6.60. The lowest BCUT2D eigenvalue weighted by Gasteiger charge is -2.23. The Balaban J connectivity index is 2.60. The van der Waals surface area contributed by atoms with Gasteiger partial charge in [0.2, 0.25) is 5.91 Å². The minimum absolute atomic E-state index is 0.169. The highest BCUT2D eigenvalue weighted by molar-refractivity contribution is 5.78. The molecule has 1 aromatic heterocycles. The van der Waals surface area contributed by atoms with Crippen LogP contribution in [0.4, 0.5) is 0 Å². The van der Waals surface area contributed by atoms with Crippen LogP contribution in [0.5, 0.6) is 0 Å². The number of carbonyl (C=O) groups excluding carboxylic acids is 1. The SMILES string of the molecule is CCCCC(CC)C(=O)N(C)Cc1ccnn1CC. The van der Waals surface area contributed by atoms with Gasteiger partial charge in [0.15, 0.2) is 0 Å². The first-order valence-corrected chi connectivity index (χ1v) is 7.39. The molecule has 0 saturated heterocycles. The molecule has 1 unspecified atom stereocenters. The first-order chi connectivity index (χ1) is 9.13. The molecule has 0 aliphatic heterocycles. The maximum Gasteiger partial charge on any atom is 0.225 e. The number of nitrogens with zero attached hydrogens (tertiary/aromatic N) is 3. The topological polar surface area (TPSA) is 38.1 Å². The monoisotopic (exact) mass is 265 g/mol. The Hall–Kier alpha value is -1.32. The van der Waals surface area contributed by atoms with E-state index in [1.165, 1.54) is 0 Å². The molecule has 0 aromatic carbocycles. The summed E-state index contributed by atoms with van der Waals surface area (Å²) >= 11 is 0. The molecule has 108 valence electrons. The lowest BCUT2D eigenvalue weighted by molar-refractivity contribution is -0.135. The number of hydrogen-bond acceptors (Lipinski definition) is 2. The molecule has 19 heavy (non-hydrogen) atoms. The zero-order valence-corrected chi connectivity index (χ0v) is 12.7. The molecular weight excluding hydrogens is 238 g/mol. The molecule has 0 bridgehead atoms. The van der Waals surface area contributed by atoms with Gasteiger partial charge in [-0.2, -0.15) is 5.10 Å². The van der Waals surface area contributed by atoms with Crippen LogP contribution in [0.2, 0.25) is 0 Å². The van der Waals surface area contributed by atoms with Crippen molar-refractivity contribution in [1.82, 2.24) is 14.7 Å². The van der Waals surface area contributed by atoms with Gasteiger partial charge < -0.3 is 4.90 Å². The average molecular weight is 265 g/mol. The molecule has 4 heteroatoms. The molecule has 0 aliphatic carbocycles. The molecule has 0 aliphatic rings. The Morgan fingerprint density at radius 3 is 2.74 bits per heavy atom. The van der Waals surface area contributed by atoms with E-state index < -0.39 is 0 Å². The summed E-state index contributed by atoms with van der Waals surface area (Å²) in [7, 11) is 1.89. The highest BCUT2D eigenvalue weighted by atomic mass is 16.2. The van der Waals surface area contributed by atoms with Crippen LogP contribution >= 0.6 is 0 Å². The maximum atomic E-state index is 12.4. The fourth-order valence-electron chi connectivity index (χ4n) is 2.36. The van der Waals surface area contributed by atoms with E-state index in [-0.39, 0.29) is 11.8 Å². The standard InChI is InChI=1S/C15H27N3O/c1-5-8-9-13(6-2)15(19)17(4)12-14-10-11-16-18(14)7-3/h10-11,13H,5-9,12H2,1-4H3. The van der Waals surface area contributed by atoms with Crippen molar-refractivity contribution in [2.75, 3.05) is 7.05 Å². The quantitative estimate of drug-likeness (QED) is 0.724. The summed E-state index contributed by atoms with van der Waals surface area (Å²) in [5.74, 6) is 0.433. The van der Waals surface area contributed by atoms with Gasteiger partial charge >= 0.3 is 0 Å². The molecule has 1 heterocycles. The van der Waals surface area contributed by atoms with Gasteiger partial charge in [0.1, 0.15) is 0 Å². The maximum absolute atomic E-state index is 12.4. The summed E-state index contributed by atoms with van der Waals surface area (Å²) < 4.78 is 1.94. The van der Waals surface area contributed by atoms with Crippen molar-refractivity contribution in [1.29, 1.82) is 0 Å². The summed E-state index contributed by atoms with van der Waals surface area (Å²) in [6.45, 7) is 7.82. The summed E-state index contributed by atoms with van der Waals surface area (Å²) in [5, 5.41) is 4.24. The van der Waals surface area contributed by atoms with Crippen LogP contribution in [0.3, 0.4) is 0 Å². The van der Waals surface area contributed by atoms with E-state index in [1.807, 2.05) is 22.7 Å². The second kappa shape index (κ2) is 7.97. The normalized spacial score (nSPS) is 12.4. The molecule has 1 atom stereocenters. The predicted octanol–water partition coefficient (Wildman–Crippen LogP) is 3.08. The first-order valence-electron chi connectivity index (χ1n) is 7.39. The smallest absolute Gasteiger partial charge is 0.225 e. The van der Waals surface area contributed by atoms with E-state index in [9.17, 15) is 4.79 Å². The summed E-state index contributed by atoms with van der Waals surface area (Å²) in [4.78, 5) is 14.2. The van der Waals surface area contributed by atoms with Gasteiger partial charge in [0.25, 0.3) is 0 Å². The minimum atomic E-state index is 0.169. The molecule has 1 amide bonds. The highest BCUT2D eigenvalue weighted by Gasteiger charge is 2.20. The van der Waals surface area contributed by atoms with Crippen LogP contribution in [-0.2, 0) is 17.9 Å². The van der Waals surface area contributed by atoms with Crippen molar-refractivity contribution < 1.29 is 4.79 Å². The van der Waals surface area contributed by atoms with Crippen molar-refractivity contribution in [3.63, 3.8) is 0 Å². The molecule has 4 nitrogen and oxygen atoms in total. The number of unbranched alkanes of at least 4 members (excludes halogenated alkanes) is 1. The van der Waals surface area contributed by atoms with Crippen molar-refractivity contribution in [3.05, 3.63) is 18.0 Å². The van der Waals surface area contributed by atoms with Crippen molar-refractivity contribution in [2.24, 2.45) is 5.92 Å². The van der Waals surface area contributed by atoms with E-state index in [0.29, 0.717) is 6.54 Å². The van der Waals surface area contributed by atoms with Crippen molar-refractivity contribution in [2.45, 2.75) is 59.5 Å². The van der Waals surface area contributed by atoms with E-state index in [2.05, 4.69) is 25.9 Å². The third-order valence-electron chi connectivity index (χ3n) is 3.63. The lowest BCUT2D eigenvalue weighted by Crippen LogP contribution is -2.33. The van der Waals surface area contributed by atoms with Crippen LogP contribution in [0.25, 0.3) is 0 Å². The van der Waals surface area contributed by atoms with E-state index in [1.54, 1.807) is 6.20 Å². The van der Waals surface area contributed by atoms with Gasteiger partial charge in [-0.3, -0.25) is 9.48 Å². The Morgan fingerprint density at radius 1 is 1.42 bits per heavy atom. The highest BCUT2D eigenvalue weighted by Crippen LogP contribution is 2.16. The van der Waals surface area contributed by atoms with Gasteiger partial charge in [0, 0.05) is 25.7 Å². The van der Waals surface area contributed by atoms with Gasteiger partial charge in [-0.25, -0.2) is 0 Å². The Labute approximate surface area is 116 Å². The number of aryl methyl sites for hydroxylation is 1. The molecule has 0 radical (unpaired) electrons. The number of hydrogen-bond donors (Lipinski definition) is 0. The molecule has 0 spiro atoms. The van der Waals surface area contributed by atoms with Gasteiger partial charge in [-0.1, -0.05) is 26.7 Å². The van der Waals surface area contributed by atoms with Crippen molar-refractivity contribution >= 4 is 5.91 Å². The Bertz CT molecular complexity index is 386. The molecule has 1 aromatic rings. The van der Waals surface area contributed by atoms with Gasteiger partial charge in [0.05, 0.1) is 12.2 Å². The number of carbonyl (C=O) groups is 1. The molecule has 0 saturated carbocycles. The van der Waals surface area contributed by atoms with E-state index in [4.69, 9.17) is 0 Å². The zero-order chi connectivity index (χ0) is 14.3. The molecular formula is C15H27N3O. The predicted molar refractivity (Wildman–Crippen MR) is 77.7 cm³/mol. The third-order valence-corrected chi connectivity index (χ3v) is 3.63. The lowest BCUT2D eigenvalue weighted by atomic mass is 9.98. The van der Waals surface area contributed by atoms with Crippen LogP contribution in [0, 0.1) is 5.92 Å². The van der Waals surface area contributed by atoms with Crippen LogP contribution in [0.1, 0.15) is 52.1 Å². The molecule has 1 rings (SSSR count). The summed E-state index contributed by atoms with van der Waals surface area (Å²) in [6, 6.07) is 1.99. The first kappa shape index (κ1) is 15.7. The summed E-state index contributed by atoms with van der Waals surface area (Å²) in [5.41, 5.74) is 1.10. The van der Waals surface area contributed by atoms with Gasteiger partial charge in [-0.05, 0) is 25.8 Å². The molecule has 0 N–H and O–H groups in total. The largest absolute Gasteiger partial charge is 0.340 e. The minimum Gasteiger partial charge on any atom is -0.340 e. The third kappa shape index (κ3) is 4.37. The average Bonchev–Trinajstić information content (AvgIpc) is 2.86. The van der Waals surface area contributed by atoms with Gasteiger partial charge in [-0.15, -0.1) is 0 Å². The molecule has 0 fully saturated rings. The van der Waals surface area contributed by atoms with E-state index in [0.717, 1.165) is 37.9 Å². The Morgan fingerprint density at radius 2 is 2.16 bits per heavy atom. The zero-order valence-electron chi connectivity index (χ0n) is 12.7. The fourth-order valence-corrected chi connectivity index (χ4v) is 2.36. The van der Waals surface area contributed by atoms with Crippen LogP contribution in [0.15, 0.2) is 12.3 Å². The second-order valence-corrected chi connectivity index (χ2v) is 5.08. The van der Waals surface area contributed by atoms with Crippen LogP contribution in [-0.4, -0.2) is 27.6 Å². The summed E-state index contributed by atoms with van der Waals surface area (Å²) in [6.07, 6.45) is 6.01.